The van der Waals surface area contributed by atoms with Crippen molar-refractivity contribution in [3.05, 3.63) is 59.7 Å². The van der Waals surface area contributed by atoms with Gasteiger partial charge >= 0.3 is 0 Å². The van der Waals surface area contributed by atoms with E-state index in [1.165, 1.54) is 11.1 Å². The van der Waals surface area contributed by atoms with Crippen LogP contribution in [0.5, 0.6) is 0 Å². The van der Waals surface area contributed by atoms with Crippen LogP contribution >= 0.6 is 0 Å². The molecule has 0 bridgehead atoms. The van der Waals surface area contributed by atoms with Crippen molar-refractivity contribution < 1.29 is 5.11 Å². The maximum Gasteiger partial charge on any atom is 0.0784 e. The predicted molar refractivity (Wildman–Crippen MR) is 76.6 cm³/mol. The second-order valence-electron chi connectivity index (χ2n) is 5.06. The number of allylic oxidation sites excluding steroid dienone is 1. The lowest BCUT2D eigenvalue weighted by atomic mass is 9.82. The quantitative estimate of drug-likeness (QED) is 0.838. The first-order valence-electron chi connectivity index (χ1n) is 6.83. The van der Waals surface area contributed by atoms with E-state index in [9.17, 15) is 5.11 Å². The van der Waals surface area contributed by atoms with Gasteiger partial charge in [0.25, 0.3) is 0 Å². The number of hydrogen-bond acceptors (Lipinski definition) is 1. The minimum absolute atomic E-state index is 0.371. The van der Waals surface area contributed by atoms with Crippen molar-refractivity contribution >= 4 is 0 Å². The van der Waals surface area contributed by atoms with Crippen LogP contribution in [0.4, 0.5) is 0 Å². The van der Waals surface area contributed by atoms with E-state index < -0.39 is 0 Å². The van der Waals surface area contributed by atoms with Crippen molar-refractivity contribution in [2.75, 3.05) is 0 Å². The zero-order valence-electron chi connectivity index (χ0n) is 11.1. The molecule has 0 saturated carbocycles. The van der Waals surface area contributed by atoms with Gasteiger partial charge in [-0.05, 0) is 48.3 Å². The van der Waals surface area contributed by atoms with Gasteiger partial charge in [-0.1, -0.05) is 49.9 Å². The zero-order valence-corrected chi connectivity index (χ0v) is 11.1. The van der Waals surface area contributed by atoms with Crippen molar-refractivity contribution in [3.63, 3.8) is 0 Å². The fraction of sp³-hybridized carbons (Fsp3) is 0.412. The number of hydrogen-bond donors (Lipinski definition) is 1. The first-order valence-corrected chi connectivity index (χ1v) is 6.83. The van der Waals surface area contributed by atoms with E-state index in [1.54, 1.807) is 0 Å². The van der Waals surface area contributed by atoms with E-state index >= 15 is 0 Å². The summed E-state index contributed by atoms with van der Waals surface area (Å²) in [5.74, 6) is 0.626. The first-order chi connectivity index (χ1) is 8.72. The number of rotatable bonds is 4. The van der Waals surface area contributed by atoms with Crippen molar-refractivity contribution in [3.8, 4) is 0 Å². The van der Waals surface area contributed by atoms with Gasteiger partial charge < -0.3 is 5.11 Å². The molecule has 0 saturated heterocycles. The molecule has 0 heterocycles. The summed E-state index contributed by atoms with van der Waals surface area (Å²) >= 11 is 0. The fourth-order valence-electron chi connectivity index (χ4n) is 2.61. The van der Waals surface area contributed by atoms with Gasteiger partial charge in [0.2, 0.25) is 0 Å². The van der Waals surface area contributed by atoms with E-state index in [4.69, 9.17) is 0 Å². The smallest absolute Gasteiger partial charge is 0.0784 e. The van der Waals surface area contributed by atoms with Crippen LogP contribution in [0.3, 0.4) is 0 Å². The summed E-state index contributed by atoms with van der Waals surface area (Å²) in [5.41, 5.74) is 3.61. The Morgan fingerprint density at radius 3 is 2.67 bits per heavy atom. The van der Waals surface area contributed by atoms with Gasteiger partial charge in [-0.25, -0.2) is 0 Å². The minimum Gasteiger partial charge on any atom is -0.388 e. The average Bonchev–Trinajstić information content (AvgIpc) is 2.47. The molecule has 0 radical (unpaired) electrons. The Balaban J connectivity index is 2.02. The third-order valence-electron chi connectivity index (χ3n) is 3.88. The summed E-state index contributed by atoms with van der Waals surface area (Å²) in [5, 5.41) is 9.82. The summed E-state index contributed by atoms with van der Waals surface area (Å²) in [6.07, 6.45) is 5.90. The minimum atomic E-state index is -0.371. The molecule has 1 aliphatic carbocycles. The molecule has 1 nitrogen and oxygen atoms in total. The SMILES string of the molecule is C=C(C1=CCC(c2ccccc2)CC1)C(O)CC. The highest BCUT2D eigenvalue weighted by Crippen LogP contribution is 2.34. The third kappa shape index (κ3) is 2.91. The molecule has 1 N–H and O–H groups in total. The standard InChI is InChI=1S/C17H22O/c1-3-17(18)13(2)14-9-11-16(12-10-14)15-7-5-4-6-8-15/h4-9,16-18H,2-3,10-12H2,1H3. The van der Waals surface area contributed by atoms with E-state index in [0.717, 1.165) is 31.3 Å². The van der Waals surface area contributed by atoms with Crippen LogP contribution in [0.1, 0.15) is 44.1 Å². The monoisotopic (exact) mass is 242 g/mol. The molecular weight excluding hydrogens is 220 g/mol. The van der Waals surface area contributed by atoms with Crippen LogP contribution in [0.2, 0.25) is 0 Å². The molecule has 0 spiro atoms. The lowest BCUT2D eigenvalue weighted by Crippen LogP contribution is -2.13. The van der Waals surface area contributed by atoms with Crippen LogP contribution in [0.15, 0.2) is 54.1 Å². The van der Waals surface area contributed by atoms with Crippen molar-refractivity contribution in [1.82, 2.24) is 0 Å². The first kappa shape index (κ1) is 13.1. The normalized spacial score (nSPS) is 21.2. The molecule has 2 rings (SSSR count). The molecular formula is C17H22O. The summed E-state index contributed by atoms with van der Waals surface area (Å²) in [6.45, 7) is 6.02. The predicted octanol–water partition coefficient (Wildman–Crippen LogP) is 4.21. The topological polar surface area (TPSA) is 20.2 Å². The largest absolute Gasteiger partial charge is 0.388 e. The molecule has 0 aromatic heterocycles. The Bertz CT molecular complexity index is 430. The van der Waals surface area contributed by atoms with Gasteiger partial charge in [0.05, 0.1) is 6.10 Å². The maximum atomic E-state index is 9.82. The van der Waals surface area contributed by atoms with Gasteiger partial charge in [-0.3, -0.25) is 0 Å². The number of aliphatic hydroxyl groups is 1. The summed E-state index contributed by atoms with van der Waals surface area (Å²) in [6, 6.07) is 10.7. The molecule has 0 fully saturated rings. The summed E-state index contributed by atoms with van der Waals surface area (Å²) in [7, 11) is 0. The van der Waals surface area contributed by atoms with Crippen LogP contribution < -0.4 is 0 Å². The van der Waals surface area contributed by atoms with Crippen LogP contribution in [0.25, 0.3) is 0 Å². The van der Waals surface area contributed by atoms with E-state index in [0.29, 0.717) is 5.92 Å². The van der Waals surface area contributed by atoms with Crippen molar-refractivity contribution in [2.24, 2.45) is 0 Å². The Morgan fingerprint density at radius 2 is 2.11 bits per heavy atom. The molecule has 18 heavy (non-hydrogen) atoms. The lowest BCUT2D eigenvalue weighted by Gasteiger charge is -2.24. The lowest BCUT2D eigenvalue weighted by molar-refractivity contribution is 0.208. The highest BCUT2D eigenvalue weighted by atomic mass is 16.3. The van der Waals surface area contributed by atoms with Crippen LogP contribution in [-0.2, 0) is 0 Å². The number of aliphatic hydroxyl groups excluding tert-OH is 1. The Labute approximate surface area is 110 Å². The third-order valence-corrected chi connectivity index (χ3v) is 3.88. The molecule has 96 valence electrons. The molecule has 0 aliphatic heterocycles. The van der Waals surface area contributed by atoms with Crippen LogP contribution in [-0.4, -0.2) is 11.2 Å². The van der Waals surface area contributed by atoms with Gasteiger partial charge in [-0.2, -0.15) is 0 Å². The average molecular weight is 242 g/mol. The Morgan fingerprint density at radius 1 is 1.39 bits per heavy atom. The van der Waals surface area contributed by atoms with Gasteiger partial charge in [0.1, 0.15) is 0 Å². The molecule has 2 atom stereocenters. The molecule has 1 aromatic carbocycles. The highest BCUT2D eigenvalue weighted by molar-refractivity contribution is 5.34. The van der Waals surface area contributed by atoms with E-state index in [-0.39, 0.29) is 6.10 Å². The summed E-state index contributed by atoms with van der Waals surface area (Å²) in [4.78, 5) is 0. The molecule has 1 aliphatic rings. The van der Waals surface area contributed by atoms with Crippen molar-refractivity contribution in [1.29, 1.82) is 0 Å². The molecule has 1 heteroatoms. The molecule has 0 amide bonds. The van der Waals surface area contributed by atoms with E-state index in [1.807, 2.05) is 6.92 Å². The van der Waals surface area contributed by atoms with Gasteiger partial charge in [0, 0.05) is 0 Å². The highest BCUT2D eigenvalue weighted by Gasteiger charge is 2.19. The second kappa shape index (κ2) is 6.01. The summed E-state index contributed by atoms with van der Waals surface area (Å²) < 4.78 is 0. The molecule has 2 unspecified atom stereocenters. The zero-order chi connectivity index (χ0) is 13.0. The van der Waals surface area contributed by atoms with Gasteiger partial charge in [-0.15, -0.1) is 0 Å². The second-order valence-corrected chi connectivity index (χ2v) is 5.06. The number of benzene rings is 1. The van der Waals surface area contributed by atoms with E-state index in [2.05, 4.69) is 43.0 Å². The van der Waals surface area contributed by atoms with Crippen LogP contribution in [0, 0.1) is 0 Å². The Hall–Kier alpha value is -1.34. The molecule has 1 aromatic rings. The maximum absolute atomic E-state index is 9.82. The van der Waals surface area contributed by atoms with Crippen molar-refractivity contribution in [2.45, 2.75) is 44.6 Å². The van der Waals surface area contributed by atoms with Gasteiger partial charge in [0.15, 0.2) is 0 Å². The Kier molecular flexibility index (Phi) is 4.38. The fourth-order valence-corrected chi connectivity index (χ4v) is 2.61.